The number of benzene rings is 1. The van der Waals surface area contributed by atoms with Crippen LogP contribution >= 0.6 is 0 Å². The quantitative estimate of drug-likeness (QED) is 0.821. The van der Waals surface area contributed by atoms with Crippen molar-refractivity contribution in [2.75, 3.05) is 13.1 Å². The van der Waals surface area contributed by atoms with Crippen LogP contribution in [-0.4, -0.2) is 35.2 Å². The summed E-state index contributed by atoms with van der Waals surface area (Å²) in [5.41, 5.74) is 1.03. The lowest BCUT2D eigenvalue weighted by molar-refractivity contribution is 0.271. The van der Waals surface area contributed by atoms with Gasteiger partial charge in [0.1, 0.15) is 5.82 Å². The summed E-state index contributed by atoms with van der Waals surface area (Å²) in [5.74, 6) is 0.397. The average Bonchev–Trinajstić information content (AvgIpc) is 2.63. The molecule has 1 unspecified atom stereocenters. The van der Waals surface area contributed by atoms with Crippen molar-refractivity contribution in [3.8, 4) is 0 Å². The lowest BCUT2D eigenvalue weighted by Gasteiger charge is -2.20. The summed E-state index contributed by atoms with van der Waals surface area (Å²) < 4.78 is 13.5. The van der Waals surface area contributed by atoms with E-state index < -0.39 is 12.9 Å². The first kappa shape index (κ1) is 15.5. The predicted molar refractivity (Wildman–Crippen MR) is 79.1 cm³/mol. The third kappa shape index (κ3) is 4.30. The molecule has 0 saturated carbocycles. The van der Waals surface area contributed by atoms with Crippen LogP contribution in [0.4, 0.5) is 4.39 Å². The van der Waals surface area contributed by atoms with Crippen LogP contribution in [0.15, 0.2) is 18.2 Å². The molecule has 0 aromatic heterocycles. The first-order valence-electron chi connectivity index (χ1n) is 7.46. The molecular weight excluding hydrogens is 256 g/mol. The van der Waals surface area contributed by atoms with E-state index >= 15 is 0 Å². The van der Waals surface area contributed by atoms with Gasteiger partial charge in [-0.2, -0.15) is 0 Å². The first-order valence-corrected chi connectivity index (χ1v) is 7.46. The van der Waals surface area contributed by atoms with Crippen LogP contribution in [0.3, 0.4) is 0 Å². The fraction of sp³-hybridized carbons (Fsp3) is 0.600. The SMILES string of the molecule is CCC1CCCN(Cc2cc(F)cc(B(O)O)c2)CC1. The van der Waals surface area contributed by atoms with Gasteiger partial charge < -0.3 is 10.0 Å². The molecule has 1 aliphatic heterocycles. The molecule has 0 amide bonds. The van der Waals surface area contributed by atoms with Gasteiger partial charge in [-0.05, 0) is 61.4 Å². The zero-order valence-electron chi connectivity index (χ0n) is 12.1. The molecule has 1 heterocycles. The molecule has 110 valence electrons. The average molecular weight is 279 g/mol. The molecule has 1 aliphatic rings. The maximum atomic E-state index is 13.5. The minimum atomic E-state index is -1.61. The molecule has 2 rings (SSSR count). The largest absolute Gasteiger partial charge is 0.488 e. The number of hydrogen-bond acceptors (Lipinski definition) is 3. The van der Waals surface area contributed by atoms with Crippen molar-refractivity contribution in [2.45, 2.75) is 39.2 Å². The van der Waals surface area contributed by atoms with E-state index in [1.54, 1.807) is 6.07 Å². The Balaban J connectivity index is 2.02. The molecule has 0 bridgehead atoms. The molecule has 2 N–H and O–H groups in total. The predicted octanol–water partition coefficient (Wildman–Crippen LogP) is 1.52. The topological polar surface area (TPSA) is 43.7 Å². The first-order chi connectivity index (χ1) is 9.58. The Morgan fingerprint density at radius 2 is 2.05 bits per heavy atom. The molecule has 1 saturated heterocycles. The summed E-state index contributed by atoms with van der Waals surface area (Å²) >= 11 is 0. The van der Waals surface area contributed by atoms with Gasteiger partial charge in [-0.25, -0.2) is 4.39 Å². The molecule has 1 atom stereocenters. The standard InChI is InChI=1S/C15H23BFNO2/c1-2-12-4-3-6-18(7-5-12)11-13-8-14(16(19)20)10-15(17)9-13/h8-10,12,19-20H,2-7,11H2,1H3. The summed E-state index contributed by atoms with van der Waals surface area (Å²) in [6, 6.07) is 4.33. The van der Waals surface area contributed by atoms with E-state index in [1.165, 1.54) is 37.8 Å². The Hall–Kier alpha value is -0.905. The number of likely N-dealkylation sites (tertiary alicyclic amines) is 1. The zero-order chi connectivity index (χ0) is 14.5. The minimum Gasteiger partial charge on any atom is -0.423 e. The van der Waals surface area contributed by atoms with Crippen LogP contribution in [0.1, 0.15) is 38.2 Å². The Morgan fingerprint density at radius 3 is 2.75 bits per heavy atom. The van der Waals surface area contributed by atoms with Crippen LogP contribution in [-0.2, 0) is 6.54 Å². The van der Waals surface area contributed by atoms with Gasteiger partial charge in [-0.15, -0.1) is 0 Å². The third-order valence-corrected chi connectivity index (χ3v) is 4.20. The molecule has 20 heavy (non-hydrogen) atoms. The summed E-state index contributed by atoms with van der Waals surface area (Å²) in [7, 11) is -1.61. The van der Waals surface area contributed by atoms with Gasteiger partial charge in [0.05, 0.1) is 0 Å². The van der Waals surface area contributed by atoms with Crippen molar-refractivity contribution in [2.24, 2.45) is 5.92 Å². The molecule has 1 aromatic carbocycles. The monoisotopic (exact) mass is 279 g/mol. The highest BCUT2D eigenvalue weighted by Gasteiger charge is 2.18. The molecule has 0 spiro atoms. The highest BCUT2D eigenvalue weighted by Crippen LogP contribution is 2.21. The summed E-state index contributed by atoms with van der Waals surface area (Å²) in [5, 5.41) is 18.3. The van der Waals surface area contributed by atoms with E-state index in [1.807, 2.05) is 0 Å². The molecule has 3 nitrogen and oxygen atoms in total. The summed E-state index contributed by atoms with van der Waals surface area (Å²) in [4.78, 5) is 2.33. The molecule has 1 aromatic rings. The fourth-order valence-electron chi connectivity index (χ4n) is 2.97. The fourth-order valence-corrected chi connectivity index (χ4v) is 2.97. The van der Waals surface area contributed by atoms with E-state index in [0.29, 0.717) is 6.54 Å². The van der Waals surface area contributed by atoms with Crippen LogP contribution < -0.4 is 5.46 Å². The minimum absolute atomic E-state index is 0.223. The summed E-state index contributed by atoms with van der Waals surface area (Å²) in [6.45, 7) is 4.98. The lowest BCUT2D eigenvalue weighted by Crippen LogP contribution is -2.31. The van der Waals surface area contributed by atoms with E-state index in [9.17, 15) is 4.39 Å². The number of hydrogen-bond donors (Lipinski definition) is 2. The van der Waals surface area contributed by atoms with Crippen molar-refractivity contribution in [1.82, 2.24) is 4.90 Å². The smallest absolute Gasteiger partial charge is 0.423 e. The van der Waals surface area contributed by atoms with Crippen molar-refractivity contribution in [1.29, 1.82) is 0 Å². The van der Waals surface area contributed by atoms with E-state index in [0.717, 1.165) is 24.6 Å². The van der Waals surface area contributed by atoms with Crippen molar-refractivity contribution in [3.63, 3.8) is 0 Å². The molecular formula is C15H23BFNO2. The van der Waals surface area contributed by atoms with Crippen molar-refractivity contribution in [3.05, 3.63) is 29.6 Å². The Kier molecular flexibility index (Phi) is 5.58. The van der Waals surface area contributed by atoms with Gasteiger partial charge in [-0.3, -0.25) is 4.90 Å². The normalized spacial score (nSPS) is 20.7. The second kappa shape index (κ2) is 7.20. The van der Waals surface area contributed by atoms with Crippen molar-refractivity contribution >= 4 is 12.6 Å². The second-order valence-corrected chi connectivity index (χ2v) is 5.75. The van der Waals surface area contributed by atoms with Crippen molar-refractivity contribution < 1.29 is 14.4 Å². The highest BCUT2D eigenvalue weighted by atomic mass is 19.1. The van der Waals surface area contributed by atoms with Crippen LogP contribution in [0.25, 0.3) is 0 Å². The maximum absolute atomic E-state index is 13.5. The van der Waals surface area contributed by atoms with E-state index in [-0.39, 0.29) is 5.46 Å². The van der Waals surface area contributed by atoms with E-state index in [2.05, 4.69) is 11.8 Å². The van der Waals surface area contributed by atoms with Gasteiger partial charge in [0.15, 0.2) is 0 Å². The van der Waals surface area contributed by atoms with Gasteiger partial charge in [-0.1, -0.05) is 19.4 Å². The molecule has 1 fully saturated rings. The van der Waals surface area contributed by atoms with Gasteiger partial charge in [0.25, 0.3) is 0 Å². The second-order valence-electron chi connectivity index (χ2n) is 5.75. The van der Waals surface area contributed by atoms with E-state index in [4.69, 9.17) is 10.0 Å². The maximum Gasteiger partial charge on any atom is 0.488 e. The summed E-state index contributed by atoms with van der Waals surface area (Å²) in [6.07, 6.45) is 4.88. The van der Waals surface area contributed by atoms with Crippen LogP contribution in [0.5, 0.6) is 0 Å². The van der Waals surface area contributed by atoms with Gasteiger partial charge in [0.2, 0.25) is 0 Å². The Labute approximate surface area is 120 Å². The number of halogens is 1. The lowest BCUT2D eigenvalue weighted by atomic mass is 9.79. The Morgan fingerprint density at radius 1 is 1.25 bits per heavy atom. The Bertz CT molecular complexity index is 442. The van der Waals surface area contributed by atoms with Crippen LogP contribution in [0.2, 0.25) is 0 Å². The molecule has 0 aliphatic carbocycles. The van der Waals surface area contributed by atoms with Gasteiger partial charge >= 0.3 is 7.12 Å². The third-order valence-electron chi connectivity index (χ3n) is 4.20. The zero-order valence-corrected chi connectivity index (χ0v) is 12.1. The molecule has 0 radical (unpaired) electrons. The molecule has 5 heteroatoms. The van der Waals surface area contributed by atoms with Gasteiger partial charge in [0, 0.05) is 6.54 Å². The highest BCUT2D eigenvalue weighted by molar-refractivity contribution is 6.58. The van der Waals surface area contributed by atoms with Crippen LogP contribution in [0, 0.1) is 11.7 Å². The number of rotatable bonds is 4. The number of nitrogens with zero attached hydrogens (tertiary/aromatic N) is 1.